The Balaban J connectivity index is 1.56. The van der Waals surface area contributed by atoms with Crippen molar-refractivity contribution in [3.8, 4) is 11.1 Å². The summed E-state index contributed by atoms with van der Waals surface area (Å²) in [5.74, 6) is 0.214. The highest BCUT2D eigenvalue weighted by molar-refractivity contribution is 7.22. The van der Waals surface area contributed by atoms with E-state index in [9.17, 15) is 9.18 Å². The average molecular weight is 370 g/mol. The maximum atomic E-state index is 13.8. The van der Waals surface area contributed by atoms with Gasteiger partial charge in [0.25, 0.3) is 0 Å². The minimum atomic E-state index is -0.319. The number of aromatic nitrogens is 2. The zero-order valence-corrected chi connectivity index (χ0v) is 15.4. The van der Waals surface area contributed by atoms with Crippen molar-refractivity contribution >= 4 is 32.6 Å². The van der Waals surface area contributed by atoms with E-state index in [0.29, 0.717) is 16.6 Å². The smallest absolute Gasteiger partial charge is 0.229 e. The fourth-order valence-electron chi connectivity index (χ4n) is 3.19. The summed E-state index contributed by atoms with van der Waals surface area (Å²) in [6.45, 7) is 2.61. The Morgan fingerprint density at radius 1 is 1.38 bits per heavy atom. The molecule has 1 aliphatic rings. The van der Waals surface area contributed by atoms with Gasteiger partial charge in [0.05, 0.1) is 16.4 Å². The Hall–Kier alpha value is -2.38. The topological polar surface area (TPSA) is 66.9 Å². The second-order valence-corrected chi connectivity index (χ2v) is 7.68. The third-order valence-electron chi connectivity index (χ3n) is 4.81. The summed E-state index contributed by atoms with van der Waals surface area (Å²) >= 11 is 1.43. The Bertz CT molecular complexity index is 987. The number of benzene rings is 1. The molecule has 0 unspecified atom stereocenters. The number of halogens is 1. The van der Waals surface area contributed by atoms with Crippen LogP contribution < -0.4 is 10.6 Å². The van der Waals surface area contributed by atoms with Gasteiger partial charge in [0.15, 0.2) is 5.13 Å². The van der Waals surface area contributed by atoms with Gasteiger partial charge in [0.2, 0.25) is 5.91 Å². The van der Waals surface area contributed by atoms with Crippen LogP contribution in [0.15, 0.2) is 30.6 Å². The van der Waals surface area contributed by atoms with Gasteiger partial charge in [-0.25, -0.2) is 9.37 Å². The van der Waals surface area contributed by atoms with Crippen LogP contribution in [0.25, 0.3) is 21.3 Å². The van der Waals surface area contributed by atoms with E-state index in [0.717, 1.165) is 34.3 Å². The summed E-state index contributed by atoms with van der Waals surface area (Å²) in [5, 5.41) is 6.64. The molecule has 1 fully saturated rings. The van der Waals surface area contributed by atoms with E-state index >= 15 is 0 Å². The van der Waals surface area contributed by atoms with Crippen LogP contribution in [0.4, 0.5) is 9.52 Å². The first-order valence-electron chi connectivity index (χ1n) is 8.53. The van der Waals surface area contributed by atoms with Crippen LogP contribution >= 0.6 is 11.3 Å². The SMILES string of the molecule is CNC[C@@H]1C[C@@H]1C(=O)Nc1nc2ccc(-c3cncc(F)c3C)cc2s1. The predicted molar refractivity (Wildman–Crippen MR) is 102 cm³/mol. The molecule has 134 valence electrons. The molecular formula is C19H19FN4OS. The standard InChI is InChI=1S/C19H19FN4OS/c1-10-14(8-22-9-15(10)20)11-3-4-16-17(6-11)26-19(23-16)24-18(25)13-5-12(13)7-21-2/h3-4,6,8-9,12-13,21H,5,7H2,1-2H3,(H,23,24,25)/t12-,13-/m0/s1. The van der Waals surface area contributed by atoms with Crippen molar-refractivity contribution in [2.24, 2.45) is 11.8 Å². The molecule has 2 N–H and O–H groups in total. The van der Waals surface area contributed by atoms with Gasteiger partial charge in [-0.3, -0.25) is 9.78 Å². The highest BCUT2D eigenvalue weighted by Crippen LogP contribution is 2.39. The van der Waals surface area contributed by atoms with Gasteiger partial charge < -0.3 is 10.6 Å². The first-order valence-corrected chi connectivity index (χ1v) is 9.35. The Labute approximate surface area is 154 Å². The number of carbonyl (C=O) groups excluding carboxylic acids is 1. The first kappa shape index (κ1) is 17.1. The number of hydrogen-bond acceptors (Lipinski definition) is 5. The lowest BCUT2D eigenvalue weighted by molar-refractivity contribution is -0.117. The monoisotopic (exact) mass is 370 g/mol. The third kappa shape index (κ3) is 3.20. The average Bonchev–Trinajstić information content (AvgIpc) is 3.28. The molecule has 2 atom stereocenters. The minimum Gasteiger partial charge on any atom is -0.319 e. The lowest BCUT2D eigenvalue weighted by atomic mass is 10.0. The lowest BCUT2D eigenvalue weighted by Crippen LogP contribution is -2.18. The molecule has 0 bridgehead atoms. The number of rotatable bonds is 5. The molecule has 2 aromatic heterocycles. The second-order valence-electron chi connectivity index (χ2n) is 6.64. The molecule has 1 amide bonds. The molecule has 26 heavy (non-hydrogen) atoms. The number of amides is 1. The fraction of sp³-hybridized carbons (Fsp3) is 0.316. The first-order chi connectivity index (χ1) is 12.6. The molecule has 1 saturated carbocycles. The largest absolute Gasteiger partial charge is 0.319 e. The van der Waals surface area contributed by atoms with Crippen molar-refractivity contribution < 1.29 is 9.18 Å². The number of carbonyl (C=O) groups is 1. The number of nitrogens with zero attached hydrogens (tertiary/aromatic N) is 2. The summed E-state index contributed by atoms with van der Waals surface area (Å²) < 4.78 is 14.7. The van der Waals surface area contributed by atoms with Gasteiger partial charge in [-0.15, -0.1) is 0 Å². The van der Waals surface area contributed by atoms with E-state index in [4.69, 9.17) is 0 Å². The van der Waals surface area contributed by atoms with Crippen molar-refractivity contribution in [3.63, 3.8) is 0 Å². The molecule has 5 nitrogen and oxygen atoms in total. The molecule has 2 heterocycles. The Kier molecular flexibility index (Phi) is 4.42. The molecule has 0 aliphatic heterocycles. The highest BCUT2D eigenvalue weighted by atomic mass is 32.1. The summed E-state index contributed by atoms with van der Waals surface area (Å²) in [5.41, 5.74) is 3.04. The van der Waals surface area contributed by atoms with E-state index in [-0.39, 0.29) is 17.6 Å². The van der Waals surface area contributed by atoms with Crippen LogP contribution in [0.3, 0.4) is 0 Å². The van der Waals surface area contributed by atoms with E-state index in [1.165, 1.54) is 17.5 Å². The molecule has 7 heteroatoms. The number of anilines is 1. The minimum absolute atomic E-state index is 0.0368. The summed E-state index contributed by atoms with van der Waals surface area (Å²) in [7, 11) is 1.90. The van der Waals surface area contributed by atoms with Gasteiger partial charge in [0.1, 0.15) is 5.82 Å². The van der Waals surface area contributed by atoms with Gasteiger partial charge >= 0.3 is 0 Å². The zero-order chi connectivity index (χ0) is 18.3. The van der Waals surface area contributed by atoms with Crippen molar-refractivity contribution in [3.05, 3.63) is 42.0 Å². The van der Waals surface area contributed by atoms with Gasteiger partial charge in [-0.2, -0.15) is 0 Å². The van der Waals surface area contributed by atoms with Crippen molar-refractivity contribution in [1.82, 2.24) is 15.3 Å². The number of thiazole rings is 1. The van der Waals surface area contributed by atoms with Crippen LogP contribution in [0.2, 0.25) is 0 Å². The Morgan fingerprint density at radius 3 is 3.04 bits per heavy atom. The molecule has 1 aliphatic carbocycles. The number of pyridine rings is 1. The highest BCUT2D eigenvalue weighted by Gasteiger charge is 2.42. The molecule has 0 saturated heterocycles. The zero-order valence-electron chi connectivity index (χ0n) is 14.5. The van der Waals surface area contributed by atoms with Crippen LogP contribution in [0, 0.1) is 24.6 Å². The van der Waals surface area contributed by atoms with Crippen molar-refractivity contribution in [2.45, 2.75) is 13.3 Å². The predicted octanol–water partition coefficient (Wildman–Crippen LogP) is 3.60. The van der Waals surface area contributed by atoms with Crippen molar-refractivity contribution in [1.29, 1.82) is 0 Å². The normalized spacial score (nSPS) is 18.9. The maximum absolute atomic E-state index is 13.8. The van der Waals surface area contributed by atoms with Gasteiger partial charge in [-0.05, 0) is 56.1 Å². The van der Waals surface area contributed by atoms with Crippen LogP contribution in [-0.2, 0) is 4.79 Å². The summed E-state index contributed by atoms with van der Waals surface area (Å²) in [4.78, 5) is 20.7. The summed E-state index contributed by atoms with van der Waals surface area (Å²) in [6, 6.07) is 5.76. The Morgan fingerprint density at radius 2 is 2.23 bits per heavy atom. The van der Waals surface area contributed by atoms with Crippen LogP contribution in [0.1, 0.15) is 12.0 Å². The van der Waals surface area contributed by atoms with E-state index < -0.39 is 0 Å². The molecule has 1 aromatic carbocycles. The molecule has 4 rings (SSSR count). The van der Waals surface area contributed by atoms with Crippen molar-refractivity contribution in [2.75, 3.05) is 18.9 Å². The fourth-order valence-corrected chi connectivity index (χ4v) is 4.10. The third-order valence-corrected chi connectivity index (χ3v) is 5.74. The van der Waals surface area contributed by atoms with E-state index in [2.05, 4.69) is 20.6 Å². The van der Waals surface area contributed by atoms with Gasteiger partial charge in [-0.1, -0.05) is 17.4 Å². The van der Waals surface area contributed by atoms with E-state index in [1.54, 1.807) is 13.1 Å². The molecule has 3 aromatic rings. The molecule has 0 spiro atoms. The second kappa shape index (κ2) is 6.74. The summed E-state index contributed by atoms with van der Waals surface area (Å²) in [6.07, 6.45) is 3.81. The van der Waals surface area contributed by atoms with Crippen LogP contribution in [0.5, 0.6) is 0 Å². The van der Waals surface area contributed by atoms with E-state index in [1.807, 2.05) is 25.2 Å². The molecular weight excluding hydrogens is 351 g/mol. The lowest BCUT2D eigenvalue weighted by Gasteiger charge is -2.05. The maximum Gasteiger partial charge on any atom is 0.229 e. The number of nitrogens with one attached hydrogen (secondary N) is 2. The quantitative estimate of drug-likeness (QED) is 0.720. The van der Waals surface area contributed by atoms with Crippen LogP contribution in [-0.4, -0.2) is 29.5 Å². The number of hydrogen-bond donors (Lipinski definition) is 2. The van der Waals surface area contributed by atoms with Gasteiger partial charge in [0, 0.05) is 17.7 Å². The number of fused-ring (bicyclic) bond motifs is 1. The molecule has 0 radical (unpaired) electrons.